The third-order valence-corrected chi connectivity index (χ3v) is 3.60. The maximum atomic E-state index is 6.09. The minimum atomic E-state index is 0.0307. The van der Waals surface area contributed by atoms with E-state index in [2.05, 4.69) is 21.7 Å². The number of hydrogen-bond donors (Lipinski definition) is 1. The zero-order valence-corrected chi connectivity index (χ0v) is 10.3. The van der Waals surface area contributed by atoms with Gasteiger partial charge in [0.1, 0.15) is 11.6 Å². The minimum absolute atomic E-state index is 0.0307. The lowest BCUT2D eigenvalue weighted by Gasteiger charge is -2.26. The largest absolute Gasteiger partial charge is 0.321 e. The molecule has 1 fully saturated rings. The molecule has 1 saturated carbocycles. The Morgan fingerprint density at radius 3 is 2.62 bits per heavy atom. The van der Waals surface area contributed by atoms with Crippen LogP contribution in [-0.4, -0.2) is 14.8 Å². The van der Waals surface area contributed by atoms with Crippen molar-refractivity contribution in [3.8, 4) is 0 Å². The fourth-order valence-electron chi connectivity index (χ4n) is 2.61. The summed E-state index contributed by atoms with van der Waals surface area (Å²) in [4.78, 5) is 0. The van der Waals surface area contributed by atoms with Crippen LogP contribution in [-0.2, 0) is 0 Å². The highest BCUT2D eigenvalue weighted by Gasteiger charge is 2.23. The Morgan fingerprint density at radius 1 is 1.31 bits per heavy atom. The topological polar surface area (TPSA) is 56.7 Å². The summed E-state index contributed by atoms with van der Waals surface area (Å²) in [7, 11) is 0. The Bertz CT molecular complexity index is 339. The lowest BCUT2D eigenvalue weighted by Crippen LogP contribution is -2.21. The standard InChI is InChI=1S/C12H22N4/c1-3-11(13)12-15-14-9(2)16(12)10-7-5-4-6-8-10/h10-11H,3-8,13H2,1-2H3. The highest BCUT2D eigenvalue weighted by atomic mass is 15.3. The number of aryl methyl sites for hydroxylation is 1. The van der Waals surface area contributed by atoms with Gasteiger partial charge >= 0.3 is 0 Å². The molecule has 1 aromatic heterocycles. The van der Waals surface area contributed by atoms with E-state index in [0.717, 1.165) is 18.1 Å². The molecule has 1 unspecified atom stereocenters. The summed E-state index contributed by atoms with van der Waals surface area (Å²) in [6.07, 6.45) is 7.44. The molecule has 1 aromatic rings. The quantitative estimate of drug-likeness (QED) is 0.854. The molecule has 4 nitrogen and oxygen atoms in total. The molecule has 4 heteroatoms. The van der Waals surface area contributed by atoms with Crippen molar-refractivity contribution in [1.29, 1.82) is 0 Å². The van der Waals surface area contributed by atoms with Gasteiger partial charge in [-0.2, -0.15) is 0 Å². The fourth-order valence-corrected chi connectivity index (χ4v) is 2.61. The van der Waals surface area contributed by atoms with Crippen molar-refractivity contribution >= 4 is 0 Å². The van der Waals surface area contributed by atoms with E-state index in [4.69, 9.17) is 5.73 Å². The highest BCUT2D eigenvalue weighted by molar-refractivity contribution is 5.02. The molecule has 0 aromatic carbocycles. The fraction of sp³-hybridized carbons (Fsp3) is 0.833. The molecule has 0 spiro atoms. The van der Waals surface area contributed by atoms with Crippen LogP contribution in [0, 0.1) is 6.92 Å². The Hall–Kier alpha value is -0.900. The monoisotopic (exact) mass is 222 g/mol. The first-order valence-corrected chi connectivity index (χ1v) is 6.41. The van der Waals surface area contributed by atoms with Crippen molar-refractivity contribution in [3.05, 3.63) is 11.6 Å². The molecule has 1 aliphatic carbocycles. The van der Waals surface area contributed by atoms with Gasteiger partial charge in [-0.15, -0.1) is 10.2 Å². The number of nitrogens with two attached hydrogens (primary N) is 1. The van der Waals surface area contributed by atoms with Gasteiger partial charge in [0.2, 0.25) is 0 Å². The van der Waals surface area contributed by atoms with Gasteiger partial charge in [-0.25, -0.2) is 0 Å². The number of nitrogens with zero attached hydrogens (tertiary/aromatic N) is 3. The molecule has 0 saturated heterocycles. The van der Waals surface area contributed by atoms with Crippen LogP contribution < -0.4 is 5.73 Å². The van der Waals surface area contributed by atoms with Crippen LogP contribution >= 0.6 is 0 Å². The molecule has 90 valence electrons. The van der Waals surface area contributed by atoms with Crippen molar-refractivity contribution < 1.29 is 0 Å². The number of rotatable bonds is 3. The molecule has 16 heavy (non-hydrogen) atoms. The van der Waals surface area contributed by atoms with Gasteiger partial charge in [0.25, 0.3) is 0 Å². The summed E-state index contributed by atoms with van der Waals surface area (Å²) in [5.74, 6) is 2.00. The average Bonchev–Trinajstić information content (AvgIpc) is 2.71. The third kappa shape index (κ3) is 2.12. The maximum Gasteiger partial charge on any atom is 0.150 e. The van der Waals surface area contributed by atoms with Crippen LogP contribution in [0.5, 0.6) is 0 Å². The second-order valence-electron chi connectivity index (χ2n) is 4.78. The van der Waals surface area contributed by atoms with Crippen molar-refractivity contribution in [2.75, 3.05) is 0 Å². The second-order valence-corrected chi connectivity index (χ2v) is 4.78. The van der Waals surface area contributed by atoms with Crippen molar-refractivity contribution in [3.63, 3.8) is 0 Å². The first-order chi connectivity index (χ1) is 7.74. The molecule has 0 aliphatic heterocycles. The molecular formula is C12H22N4. The minimum Gasteiger partial charge on any atom is -0.321 e. The van der Waals surface area contributed by atoms with E-state index in [-0.39, 0.29) is 6.04 Å². The van der Waals surface area contributed by atoms with E-state index in [1.54, 1.807) is 0 Å². The first-order valence-electron chi connectivity index (χ1n) is 6.41. The van der Waals surface area contributed by atoms with Gasteiger partial charge in [0.05, 0.1) is 6.04 Å². The van der Waals surface area contributed by atoms with E-state index in [1.807, 2.05) is 6.92 Å². The van der Waals surface area contributed by atoms with Crippen LogP contribution in [0.25, 0.3) is 0 Å². The highest BCUT2D eigenvalue weighted by Crippen LogP contribution is 2.31. The summed E-state index contributed by atoms with van der Waals surface area (Å²) >= 11 is 0. The number of aromatic nitrogens is 3. The van der Waals surface area contributed by atoms with Crippen molar-refractivity contribution in [1.82, 2.24) is 14.8 Å². The molecular weight excluding hydrogens is 200 g/mol. The molecule has 1 aliphatic rings. The smallest absolute Gasteiger partial charge is 0.150 e. The average molecular weight is 222 g/mol. The Balaban J connectivity index is 2.26. The van der Waals surface area contributed by atoms with Crippen LogP contribution in [0.4, 0.5) is 0 Å². The van der Waals surface area contributed by atoms with E-state index in [1.165, 1.54) is 32.1 Å². The SMILES string of the molecule is CCC(N)c1nnc(C)n1C1CCCCC1. The maximum absolute atomic E-state index is 6.09. The van der Waals surface area contributed by atoms with E-state index < -0.39 is 0 Å². The third-order valence-electron chi connectivity index (χ3n) is 3.60. The van der Waals surface area contributed by atoms with Gasteiger partial charge in [0.15, 0.2) is 0 Å². The van der Waals surface area contributed by atoms with Gasteiger partial charge < -0.3 is 10.3 Å². The lowest BCUT2D eigenvalue weighted by atomic mass is 9.95. The first kappa shape index (κ1) is 11.6. The molecule has 1 heterocycles. The van der Waals surface area contributed by atoms with Crippen LogP contribution in [0.3, 0.4) is 0 Å². The summed E-state index contributed by atoms with van der Waals surface area (Å²) in [6.45, 7) is 4.13. The Morgan fingerprint density at radius 2 is 2.00 bits per heavy atom. The Labute approximate surface area is 97.2 Å². The van der Waals surface area contributed by atoms with Crippen LogP contribution in [0.2, 0.25) is 0 Å². The summed E-state index contributed by atoms with van der Waals surface area (Å²) < 4.78 is 2.29. The molecule has 0 bridgehead atoms. The molecule has 1 atom stereocenters. The van der Waals surface area contributed by atoms with Crippen molar-refractivity contribution in [2.45, 2.75) is 64.5 Å². The van der Waals surface area contributed by atoms with Gasteiger partial charge in [0, 0.05) is 6.04 Å². The van der Waals surface area contributed by atoms with Crippen molar-refractivity contribution in [2.24, 2.45) is 5.73 Å². The lowest BCUT2D eigenvalue weighted by molar-refractivity contribution is 0.335. The number of hydrogen-bond acceptors (Lipinski definition) is 3. The van der Waals surface area contributed by atoms with Gasteiger partial charge in [-0.1, -0.05) is 26.2 Å². The van der Waals surface area contributed by atoms with Gasteiger partial charge in [-0.05, 0) is 26.2 Å². The zero-order chi connectivity index (χ0) is 11.5. The molecule has 2 N–H and O–H groups in total. The molecule has 2 rings (SSSR count). The predicted molar refractivity (Wildman–Crippen MR) is 64.1 cm³/mol. The summed E-state index contributed by atoms with van der Waals surface area (Å²) in [5, 5.41) is 8.44. The summed E-state index contributed by atoms with van der Waals surface area (Å²) in [6, 6.07) is 0.611. The van der Waals surface area contributed by atoms with E-state index in [9.17, 15) is 0 Å². The Kier molecular flexibility index (Phi) is 3.59. The van der Waals surface area contributed by atoms with Crippen LogP contribution in [0.1, 0.15) is 69.2 Å². The predicted octanol–water partition coefficient (Wildman–Crippen LogP) is 2.50. The van der Waals surface area contributed by atoms with E-state index >= 15 is 0 Å². The normalized spacial score (nSPS) is 19.9. The van der Waals surface area contributed by atoms with Gasteiger partial charge in [-0.3, -0.25) is 0 Å². The summed E-state index contributed by atoms with van der Waals surface area (Å²) in [5.41, 5.74) is 6.09. The molecule has 0 radical (unpaired) electrons. The molecule has 0 amide bonds. The second kappa shape index (κ2) is 4.95. The van der Waals surface area contributed by atoms with Crippen LogP contribution in [0.15, 0.2) is 0 Å². The zero-order valence-electron chi connectivity index (χ0n) is 10.3. The van der Waals surface area contributed by atoms with E-state index in [0.29, 0.717) is 6.04 Å².